The zero-order valence-corrected chi connectivity index (χ0v) is 26.0. The number of hydrogen-bond donors (Lipinski definition) is 2. The number of carbonyl (C=O) groups excluding carboxylic acids is 2. The predicted molar refractivity (Wildman–Crippen MR) is 163 cm³/mol. The van der Waals surface area contributed by atoms with E-state index in [4.69, 9.17) is 23.2 Å². The molecule has 3 aromatic carbocycles. The standard InChI is InChI=1S/C28H29BrCl2N4O4S/c1-17(27(36)32-2)33-28(37)20-12-21(29)14-24(13-20)35(40(3,38)39)25-15-34(16-25)26(18-4-8-22(30)9-5-18)19-6-10-23(31)11-7-19/h4-14,17,25-26H,15-16H2,1-3H3,(H,32,36)(H,33,37)/t17-/m0/s1. The van der Waals surface area contributed by atoms with E-state index in [2.05, 4.69) is 31.5 Å². The van der Waals surface area contributed by atoms with Gasteiger partial charge in [0.1, 0.15) is 6.04 Å². The molecule has 1 fully saturated rings. The van der Waals surface area contributed by atoms with E-state index in [1.165, 1.54) is 17.4 Å². The maximum absolute atomic E-state index is 13.1. The van der Waals surface area contributed by atoms with Crippen LogP contribution in [0.2, 0.25) is 10.0 Å². The van der Waals surface area contributed by atoms with Gasteiger partial charge in [-0.1, -0.05) is 63.4 Å². The van der Waals surface area contributed by atoms with Crippen molar-refractivity contribution in [3.8, 4) is 0 Å². The summed E-state index contributed by atoms with van der Waals surface area (Å²) in [6, 6.07) is 18.7. The molecule has 1 aliphatic heterocycles. The summed E-state index contributed by atoms with van der Waals surface area (Å²) in [6.07, 6.45) is 1.15. The van der Waals surface area contributed by atoms with Crippen molar-refractivity contribution in [2.75, 3.05) is 30.7 Å². The fourth-order valence-corrected chi connectivity index (χ4v) is 6.72. The molecule has 2 amide bonds. The molecule has 2 N–H and O–H groups in total. The first-order chi connectivity index (χ1) is 18.9. The molecule has 12 heteroatoms. The number of nitrogens with one attached hydrogen (secondary N) is 2. The van der Waals surface area contributed by atoms with Crippen LogP contribution in [0.5, 0.6) is 0 Å². The lowest BCUT2D eigenvalue weighted by molar-refractivity contribution is -0.122. The van der Waals surface area contributed by atoms with Crippen LogP contribution in [0, 0.1) is 0 Å². The van der Waals surface area contributed by atoms with E-state index in [0.29, 0.717) is 33.3 Å². The minimum absolute atomic E-state index is 0.137. The summed E-state index contributed by atoms with van der Waals surface area (Å²) in [4.78, 5) is 27.0. The smallest absolute Gasteiger partial charge is 0.252 e. The number of rotatable bonds is 9. The normalized spacial score (nSPS) is 14.9. The van der Waals surface area contributed by atoms with Crippen molar-refractivity contribution in [2.45, 2.75) is 25.0 Å². The number of benzene rings is 3. The van der Waals surface area contributed by atoms with Gasteiger partial charge in [0.15, 0.2) is 0 Å². The summed E-state index contributed by atoms with van der Waals surface area (Å²) in [7, 11) is -2.23. The molecule has 0 radical (unpaired) electrons. The van der Waals surface area contributed by atoms with Crippen molar-refractivity contribution in [2.24, 2.45) is 0 Å². The molecule has 0 saturated carbocycles. The largest absolute Gasteiger partial charge is 0.357 e. The molecule has 8 nitrogen and oxygen atoms in total. The molecule has 0 spiro atoms. The van der Waals surface area contributed by atoms with Gasteiger partial charge in [-0.2, -0.15) is 0 Å². The number of anilines is 1. The number of carbonyl (C=O) groups is 2. The van der Waals surface area contributed by atoms with E-state index >= 15 is 0 Å². The van der Waals surface area contributed by atoms with Gasteiger partial charge in [0.2, 0.25) is 15.9 Å². The summed E-state index contributed by atoms with van der Waals surface area (Å²) in [5.41, 5.74) is 2.62. The van der Waals surface area contributed by atoms with Gasteiger partial charge in [-0.3, -0.25) is 18.8 Å². The number of nitrogens with zero attached hydrogens (tertiary/aromatic N) is 2. The summed E-state index contributed by atoms with van der Waals surface area (Å²) in [5, 5.41) is 6.38. The van der Waals surface area contributed by atoms with E-state index in [1.54, 1.807) is 19.1 Å². The van der Waals surface area contributed by atoms with Crippen molar-refractivity contribution in [1.82, 2.24) is 15.5 Å². The van der Waals surface area contributed by atoms with Crippen LogP contribution in [0.25, 0.3) is 0 Å². The fraction of sp³-hybridized carbons (Fsp3) is 0.286. The third-order valence-corrected chi connectivity index (χ3v) is 8.89. The Hall–Kier alpha value is -2.63. The Morgan fingerprint density at radius 3 is 1.98 bits per heavy atom. The number of amides is 2. The number of sulfonamides is 1. The summed E-state index contributed by atoms with van der Waals surface area (Å²) in [6.45, 7) is 2.47. The van der Waals surface area contributed by atoms with E-state index in [9.17, 15) is 18.0 Å². The van der Waals surface area contributed by atoms with Crippen molar-refractivity contribution in [3.63, 3.8) is 0 Å². The highest BCUT2D eigenvalue weighted by Crippen LogP contribution is 2.37. The minimum atomic E-state index is -3.71. The van der Waals surface area contributed by atoms with Gasteiger partial charge >= 0.3 is 0 Å². The third-order valence-electron chi connectivity index (χ3n) is 6.70. The Kier molecular flexibility index (Phi) is 9.47. The second kappa shape index (κ2) is 12.5. The third kappa shape index (κ3) is 6.98. The van der Waals surface area contributed by atoms with Crippen LogP contribution < -0.4 is 14.9 Å². The zero-order valence-electron chi connectivity index (χ0n) is 22.1. The SMILES string of the molecule is CNC(=O)[C@H](C)NC(=O)c1cc(Br)cc(N(C2CN(C(c3ccc(Cl)cc3)c3ccc(Cl)cc3)C2)S(C)(=O)=O)c1. The van der Waals surface area contributed by atoms with Crippen LogP contribution in [0.3, 0.4) is 0 Å². The molecular formula is C28H29BrCl2N4O4S. The molecule has 40 heavy (non-hydrogen) atoms. The van der Waals surface area contributed by atoms with Crippen molar-refractivity contribution < 1.29 is 18.0 Å². The Balaban J connectivity index is 1.62. The highest BCUT2D eigenvalue weighted by Gasteiger charge is 2.41. The van der Waals surface area contributed by atoms with Crippen LogP contribution in [-0.2, 0) is 14.8 Å². The van der Waals surface area contributed by atoms with Crippen LogP contribution in [0.1, 0.15) is 34.5 Å². The number of hydrogen-bond acceptors (Lipinski definition) is 5. The molecule has 3 aromatic rings. The molecule has 0 bridgehead atoms. The molecule has 212 valence electrons. The van der Waals surface area contributed by atoms with Gasteiger partial charge in [0.25, 0.3) is 5.91 Å². The average Bonchev–Trinajstić information content (AvgIpc) is 2.87. The maximum atomic E-state index is 13.1. The van der Waals surface area contributed by atoms with Crippen LogP contribution in [0.15, 0.2) is 71.2 Å². The molecule has 0 aromatic heterocycles. The molecule has 1 heterocycles. The predicted octanol–water partition coefficient (Wildman–Crippen LogP) is 4.86. The second-order valence-electron chi connectivity index (χ2n) is 9.68. The van der Waals surface area contributed by atoms with Crippen LogP contribution >= 0.6 is 39.1 Å². The highest BCUT2D eigenvalue weighted by atomic mass is 79.9. The van der Waals surface area contributed by atoms with Crippen LogP contribution in [-0.4, -0.2) is 63.6 Å². The Labute approximate surface area is 252 Å². The molecule has 0 aliphatic carbocycles. The van der Waals surface area contributed by atoms with E-state index < -0.39 is 22.0 Å². The van der Waals surface area contributed by atoms with Gasteiger partial charge in [-0.15, -0.1) is 0 Å². The van der Waals surface area contributed by atoms with Gasteiger partial charge in [0.05, 0.1) is 24.0 Å². The quantitative estimate of drug-likeness (QED) is 0.340. The van der Waals surface area contributed by atoms with Gasteiger partial charge in [0, 0.05) is 40.2 Å². The van der Waals surface area contributed by atoms with E-state index in [-0.39, 0.29) is 23.6 Å². The van der Waals surface area contributed by atoms with Crippen molar-refractivity contribution in [1.29, 1.82) is 0 Å². The Morgan fingerprint density at radius 2 is 1.50 bits per heavy atom. The van der Waals surface area contributed by atoms with Gasteiger partial charge < -0.3 is 10.6 Å². The molecule has 1 atom stereocenters. The lowest BCUT2D eigenvalue weighted by Crippen LogP contribution is -2.61. The number of likely N-dealkylation sites (tertiary alicyclic amines) is 1. The topological polar surface area (TPSA) is 98.8 Å². The Bertz CT molecular complexity index is 1450. The minimum Gasteiger partial charge on any atom is -0.357 e. The number of halogens is 3. The molecule has 0 unspecified atom stereocenters. The zero-order chi connectivity index (χ0) is 29.2. The first kappa shape index (κ1) is 30.3. The van der Waals surface area contributed by atoms with Gasteiger partial charge in [-0.25, -0.2) is 8.42 Å². The number of likely N-dealkylation sites (N-methyl/N-ethyl adjacent to an activating group) is 1. The van der Waals surface area contributed by atoms with Crippen molar-refractivity contribution in [3.05, 3.63) is 97.9 Å². The molecule has 4 rings (SSSR count). The highest BCUT2D eigenvalue weighted by molar-refractivity contribution is 9.10. The summed E-state index contributed by atoms with van der Waals surface area (Å²) in [5.74, 6) is -0.834. The molecule has 1 saturated heterocycles. The fourth-order valence-electron chi connectivity index (χ4n) is 4.82. The lowest BCUT2D eigenvalue weighted by Gasteiger charge is -2.48. The van der Waals surface area contributed by atoms with E-state index in [0.717, 1.165) is 17.4 Å². The summed E-state index contributed by atoms with van der Waals surface area (Å²) < 4.78 is 28.0. The van der Waals surface area contributed by atoms with E-state index in [1.807, 2.05) is 48.5 Å². The first-order valence-corrected chi connectivity index (χ1v) is 15.8. The second-order valence-corrected chi connectivity index (χ2v) is 13.3. The Morgan fingerprint density at radius 1 is 0.975 bits per heavy atom. The van der Waals surface area contributed by atoms with Crippen molar-refractivity contribution >= 4 is 66.7 Å². The summed E-state index contributed by atoms with van der Waals surface area (Å²) >= 11 is 15.7. The molecule has 1 aliphatic rings. The first-order valence-electron chi connectivity index (χ1n) is 12.4. The van der Waals surface area contributed by atoms with Gasteiger partial charge in [-0.05, 0) is 60.5 Å². The monoisotopic (exact) mass is 666 g/mol. The maximum Gasteiger partial charge on any atom is 0.252 e. The average molecular weight is 668 g/mol. The lowest BCUT2D eigenvalue weighted by atomic mass is 9.93. The van der Waals surface area contributed by atoms with Crippen LogP contribution in [0.4, 0.5) is 5.69 Å². The molecular weight excluding hydrogens is 639 g/mol.